The van der Waals surface area contributed by atoms with Gasteiger partial charge < -0.3 is 14.9 Å². The summed E-state index contributed by atoms with van der Waals surface area (Å²) in [4.78, 5) is 3.32. The van der Waals surface area contributed by atoms with Gasteiger partial charge in [0, 0.05) is 0 Å². The van der Waals surface area contributed by atoms with E-state index in [1.54, 1.807) is 24.3 Å². The maximum Gasteiger partial charge on any atom is 0.146 e. The molecule has 5 heteroatoms. The highest BCUT2D eigenvalue weighted by atomic mass is 19.1. The minimum absolute atomic E-state index is 0.192. The third kappa shape index (κ3) is 3.86. The molecule has 3 nitrogen and oxygen atoms in total. The fraction of sp³-hybridized carbons (Fsp3) is 0.333. The van der Waals surface area contributed by atoms with Gasteiger partial charge in [-0.05, 0) is 29.8 Å². The molecule has 0 unspecified atom stereocenters. The van der Waals surface area contributed by atoms with Crippen molar-refractivity contribution in [2.24, 2.45) is 0 Å². The Morgan fingerprint density at radius 1 is 1.00 bits per heavy atom. The van der Waals surface area contributed by atoms with Crippen molar-refractivity contribution in [1.82, 2.24) is 0 Å². The predicted octanol–water partition coefficient (Wildman–Crippen LogP) is 1.40. The monoisotopic (exact) mass is 319 g/mol. The number of benzene rings is 2. The van der Waals surface area contributed by atoms with Crippen LogP contribution in [0.4, 0.5) is 14.5 Å². The first kappa shape index (κ1) is 15.9. The van der Waals surface area contributed by atoms with Crippen molar-refractivity contribution in [3.8, 4) is 0 Å². The first-order valence-electron chi connectivity index (χ1n) is 7.90. The van der Waals surface area contributed by atoms with E-state index in [0.29, 0.717) is 12.2 Å². The average molecular weight is 319 g/mol. The highest BCUT2D eigenvalue weighted by molar-refractivity contribution is 5.47. The lowest BCUT2D eigenvalue weighted by Gasteiger charge is -2.34. The van der Waals surface area contributed by atoms with Crippen LogP contribution in [-0.2, 0) is 0 Å². The van der Waals surface area contributed by atoms with Crippen LogP contribution in [0.25, 0.3) is 0 Å². The van der Waals surface area contributed by atoms with E-state index in [0.717, 1.165) is 31.7 Å². The number of aliphatic hydroxyl groups is 1. The van der Waals surface area contributed by atoms with Gasteiger partial charge in [-0.1, -0.05) is 24.3 Å². The molecular formula is C18H21F2N2O+. The van der Waals surface area contributed by atoms with Gasteiger partial charge in [0.15, 0.2) is 0 Å². The summed E-state index contributed by atoms with van der Waals surface area (Å²) in [5.74, 6) is -0.492. The molecule has 2 aromatic carbocycles. The van der Waals surface area contributed by atoms with Crippen LogP contribution >= 0.6 is 0 Å². The largest absolute Gasteiger partial charge is 0.382 e. The standard InChI is InChI=1S/C18H20F2N2O/c19-15-7-5-14(6-8-15)18(23)13-21-9-11-22(12-10-21)17-4-2-1-3-16(17)20/h1-8,18,23H,9-13H2/p+1/t18-/m1/s1. The van der Waals surface area contributed by atoms with Gasteiger partial charge in [0.05, 0.1) is 31.9 Å². The van der Waals surface area contributed by atoms with Crippen LogP contribution in [-0.4, -0.2) is 37.8 Å². The Hall–Kier alpha value is -1.98. The Labute approximate surface area is 134 Å². The summed E-state index contributed by atoms with van der Waals surface area (Å²) in [5, 5.41) is 10.3. The number of rotatable bonds is 4. The van der Waals surface area contributed by atoms with Crippen molar-refractivity contribution in [2.75, 3.05) is 37.6 Å². The van der Waals surface area contributed by atoms with E-state index in [-0.39, 0.29) is 11.6 Å². The molecular weight excluding hydrogens is 298 g/mol. The van der Waals surface area contributed by atoms with Crippen molar-refractivity contribution in [1.29, 1.82) is 0 Å². The number of hydrogen-bond acceptors (Lipinski definition) is 2. The van der Waals surface area contributed by atoms with Gasteiger partial charge in [0.25, 0.3) is 0 Å². The molecule has 0 radical (unpaired) electrons. The molecule has 1 aliphatic rings. The van der Waals surface area contributed by atoms with E-state index < -0.39 is 6.10 Å². The van der Waals surface area contributed by atoms with Crippen molar-refractivity contribution in [2.45, 2.75) is 6.10 Å². The molecule has 0 aliphatic carbocycles. The Kier molecular flexibility index (Phi) is 4.88. The number of piperazine rings is 1. The second-order valence-electron chi connectivity index (χ2n) is 5.96. The Morgan fingerprint density at radius 3 is 2.30 bits per heavy atom. The summed E-state index contributed by atoms with van der Waals surface area (Å²) < 4.78 is 26.7. The number of hydrogen-bond donors (Lipinski definition) is 2. The van der Waals surface area contributed by atoms with Crippen LogP contribution in [0.15, 0.2) is 48.5 Å². The molecule has 0 amide bonds. The summed E-state index contributed by atoms with van der Waals surface area (Å²) in [7, 11) is 0. The summed E-state index contributed by atoms with van der Waals surface area (Å²) in [6.45, 7) is 3.77. The van der Waals surface area contributed by atoms with Crippen LogP contribution in [0.3, 0.4) is 0 Å². The average Bonchev–Trinajstić information content (AvgIpc) is 2.57. The second-order valence-corrected chi connectivity index (χ2v) is 5.96. The maximum absolute atomic E-state index is 13.8. The summed E-state index contributed by atoms with van der Waals surface area (Å²) >= 11 is 0. The third-order valence-electron chi connectivity index (χ3n) is 4.40. The van der Waals surface area contributed by atoms with Gasteiger partial charge in [0.1, 0.15) is 24.3 Å². The van der Waals surface area contributed by atoms with Crippen LogP contribution < -0.4 is 9.80 Å². The Bertz CT molecular complexity index is 640. The Balaban J connectivity index is 1.55. The Morgan fingerprint density at radius 2 is 1.65 bits per heavy atom. The molecule has 122 valence electrons. The molecule has 0 aromatic heterocycles. The lowest BCUT2D eigenvalue weighted by molar-refractivity contribution is -0.904. The molecule has 0 spiro atoms. The lowest BCUT2D eigenvalue weighted by Crippen LogP contribution is -3.15. The van der Waals surface area contributed by atoms with Gasteiger partial charge in [-0.25, -0.2) is 8.78 Å². The minimum atomic E-state index is -0.606. The summed E-state index contributed by atoms with van der Waals surface area (Å²) in [6.07, 6.45) is -0.606. The van der Waals surface area contributed by atoms with E-state index >= 15 is 0 Å². The van der Waals surface area contributed by atoms with Crippen LogP contribution in [0.1, 0.15) is 11.7 Å². The van der Waals surface area contributed by atoms with Gasteiger partial charge in [-0.3, -0.25) is 0 Å². The first-order chi connectivity index (χ1) is 11.1. The van der Waals surface area contributed by atoms with E-state index in [9.17, 15) is 13.9 Å². The van der Waals surface area contributed by atoms with Gasteiger partial charge in [-0.15, -0.1) is 0 Å². The zero-order valence-corrected chi connectivity index (χ0v) is 12.9. The molecule has 23 heavy (non-hydrogen) atoms. The minimum Gasteiger partial charge on any atom is -0.382 e. The zero-order chi connectivity index (χ0) is 16.2. The van der Waals surface area contributed by atoms with E-state index in [1.807, 2.05) is 11.0 Å². The number of nitrogens with zero attached hydrogens (tertiary/aromatic N) is 1. The number of nitrogens with one attached hydrogen (secondary N) is 1. The highest BCUT2D eigenvalue weighted by Gasteiger charge is 2.24. The molecule has 3 rings (SSSR count). The molecule has 0 saturated carbocycles. The predicted molar refractivity (Wildman–Crippen MR) is 85.5 cm³/mol. The second kappa shape index (κ2) is 7.06. The number of anilines is 1. The number of quaternary nitrogens is 1. The topological polar surface area (TPSA) is 27.9 Å². The van der Waals surface area contributed by atoms with Gasteiger partial charge in [-0.2, -0.15) is 0 Å². The molecule has 1 aliphatic heterocycles. The quantitative estimate of drug-likeness (QED) is 0.892. The number of halogens is 2. The van der Waals surface area contributed by atoms with Gasteiger partial charge in [0.2, 0.25) is 0 Å². The van der Waals surface area contributed by atoms with E-state index in [1.165, 1.54) is 23.1 Å². The molecule has 1 heterocycles. The smallest absolute Gasteiger partial charge is 0.146 e. The van der Waals surface area contributed by atoms with Crippen LogP contribution in [0.5, 0.6) is 0 Å². The normalized spacial score (nSPS) is 17.3. The van der Waals surface area contributed by atoms with Crippen molar-refractivity contribution in [3.05, 3.63) is 65.7 Å². The fourth-order valence-electron chi connectivity index (χ4n) is 3.05. The zero-order valence-electron chi connectivity index (χ0n) is 12.9. The molecule has 2 aromatic rings. The van der Waals surface area contributed by atoms with Crippen molar-refractivity contribution >= 4 is 5.69 Å². The van der Waals surface area contributed by atoms with Crippen LogP contribution in [0, 0.1) is 11.6 Å². The number of aliphatic hydroxyl groups excluding tert-OH is 1. The summed E-state index contributed by atoms with van der Waals surface area (Å²) in [6, 6.07) is 12.8. The SMILES string of the molecule is O[C@H](C[NH+]1CCN(c2ccccc2F)CC1)c1ccc(F)cc1. The first-order valence-corrected chi connectivity index (χ1v) is 7.90. The third-order valence-corrected chi connectivity index (χ3v) is 4.40. The molecule has 0 bridgehead atoms. The van der Waals surface area contributed by atoms with E-state index in [4.69, 9.17) is 0 Å². The highest BCUT2D eigenvalue weighted by Crippen LogP contribution is 2.18. The van der Waals surface area contributed by atoms with Crippen LogP contribution in [0.2, 0.25) is 0 Å². The van der Waals surface area contributed by atoms with Gasteiger partial charge >= 0.3 is 0 Å². The number of para-hydroxylation sites is 1. The molecule has 2 N–H and O–H groups in total. The fourth-order valence-corrected chi connectivity index (χ4v) is 3.05. The molecule has 1 fully saturated rings. The maximum atomic E-state index is 13.8. The molecule has 1 saturated heterocycles. The van der Waals surface area contributed by atoms with Crippen molar-refractivity contribution < 1.29 is 18.8 Å². The lowest BCUT2D eigenvalue weighted by atomic mass is 10.1. The summed E-state index contributed by atoms with van der Waals surface area (Å²) in [5.41, 5.74) is 1.38. The van der Waals surface area contributed by atoms with E-state index in [2.05, 4.69) is 0 Å². The molecule has 1 atom stereocenters. The van der Waals surface area contributed by atoms with Crippen molar-refractivity contribution in [3.63, 3.8) is 0 Å².